The first-order chi connectivity index (χ1) is 7.70. The second kappa shape index (κ2) is 4.56. The van der Waals surface area contributed by atoms with Crippen LogP contribution in [0.2, 0.25) is 0 Å². The molecular weight excluding hydrogens is 200 g/mol. The van der Waals surface area contributed by atoms with Gasteiger partial charge in [0, 0.05) is 23.8 Å². The number of anilines is 1. The summed E-state index contributed by atoms with van der Waals surface area (Å²) in [5.74, 6) is 0.0315. The average Bonchev–Trinajstić information content (AvgIpc) is 2.75. The molecule has 1 heterocycles. The van der Waals surface area contributed by atoms with E-state index in [1.165, 1.54) is 11.3 Å². The largest absolute Gasteiger partial charge is 0.384 e. The number of nitrogens with one attached hydrogen (secondary N) is 2. The Morgan fingerprint density at radius 1 is 1.56 bits per heavy atom. The quantitative estimate of drug-likeness (QED) is 0.816. The summed E-state index contributed by atoms with van der Waals surface area (Å²) >= 11 is 0. The summed E-state index contributed by atoms with van der Waals surface area (Å²) in [4.78, 5) is 11.9. The maximum Gasteiger partial charge on any atom is 0.251 e. The lowest BCUT2D eigenvalue weighted by Gasteiger charge is -2.11. The molecule has 2 N–H and O–H groups in total. The zero-order chi connectivity index (χ0) is 11.5. The highest BCUT2D eigenvalue weighted by atomic mass is 16.1. The number of rotatable bonds is 3. The molecule has 0 radical (unpaired) electrons. The highest BCUT2D eigenvalue weighted by Gasteiger charge is 2.14. The molecule has 0 saturated carbocycles. The molecule has 0 bridgehead atoms. The van der Waals surface area contributed by atoms with E-state index >= 15 is 0 Å². The van der Waals surface area contributed by atoms with E-state index in [1.54, 1.807) is 0 Å². The van der Waals surface area contributed by atoms with Crippen LogP contribution in [0.1, 0.15) is 36.2 Å². The zero-order valence-corrected chi connectivity index (χ0v) is 9.84. The molecule has 1 aromatic carbocycles. The Hall–Kier alpha value is -1.51. The molecule has 1 aliphatic rings. The zero-order valence-electron chi connectivity index (χ0n) is 9.84. The van der Waals surface area contributed by atoms with E-state index in [1.807, 2.05) is 25.1 Å². The summed E-state index contributed by atoms with van der Waals surface area (Å²) in [6, 6.07) is 6.11. The molecule has 1 aromatic rings. The molecule has 0 fully saturated rings. The van der Waals surface area contributed by atoms with Gasteiger partial charge >= 0.3 is 0 Å². The van der Waals surface area contributed by atoms with Gasteiger partial charge in [-0.2, -0.15) is 0 Å². The first-order valence-corrected chi connectivity index (χ1v) is 5.88. The molecule has 1 aliphatic heterocycles. The minimum Gasteiger partial charge on any atom is -0.384 e. The molecule has 86 valence electrons. The molecule has 16 heavy (non-hydrogen) atoms. The number of carbonyl (C=O) groups excluding carboxylic acids is 1. The second-order valence-corrected chi connectivity index (χ2v) is 4.33. The van der Waals surface area contributed by atoms with Gasteiger partial charge in [-0.25, -0.2) is 0 Å². The van der Waals surface area contributed by atoms with Gasteiger partial charge in [-0.3, -0.25) is 4.79 Å². The van der Waals surface area contributed by atoms with Crippen molar-refractivity contribution in [3.8, 4) is 0 Å². The smallest absolute Gasteiger partial charge is 0.251 e. The van der Waals surface area contributed by atoms with E-state index < -0.39 is 0 Å². The van der Waals surface area contributed by atoms with Crippen LogP contribution in [0.25, 0.3) is 0 Å². The van der Waals surface area contributed by atoms with Gasteiger partial charge in [0.2, 0.25) is 0 Å². The fourth-order valence-electron chi connectivity index (χ4n) is 1.86. The lowest BCUT2D eigenvalue weighted by molar-refractivity contribution is 0.0939. The third-order valence-electron chi connectivity index (χ3n) is 3.07. The van der Waals surface area contributed by atoms with Gasteiger partial charge in [0.05, 0.1) is 0 Å². The van der Waals surface area contributed by atoms with Crippen molar-refractivity contribution in [2.24, 2.45) is 0 Å². The number of hydrogen-bond acceptors (Lipinski definition) is 2. The van der Waals surface area contributed by atoms with Crippen molar-refractivity contribution in [3.05, 3.63) is 29.3 Å². The normalized spacial score (nSPS) is 15.1. The Labute approximate surface area is 96.2 Å². The summed E-state index contributed by atoms with van der Waals surface area (Å²) in [5.41, 5.74) is 3.18. The van der Waals surface area contributed by atoms with Crippen molar-refractivity contribution in [2.45, 2.75) is 32.7 Å². The van der Waals surface area contributed by atoms with Crippen LogP contribution in [0.5, 0.6) is 0 Å². The van der Waals surface area contributed by atoms with Crippen molar-refractivity contribution >= 4 is 11.6 Å². The van der Waals surface area contributed by atoms with Crippen molar-refractivity contribution < 1.29 is 4.79 Å². The maximum absolute atomic E-state index is 11.9. The van der Waals surface area contributed by atoms with Crippen molar-refractivity contribution in [1.82, 2.24) is 5.32 Å². The van der Waals surface area contributed by atoms with Gasteiger partial charge in [-0.15, -0.1) is 0 Å². The van der Waals surface area contributed by atoms with Crippen LogP contribution < -0.4 is 10.6 Å². The van der Waals surface area contributed by atoms with E-state index in [0.29, 0.717) is 0 Å². The molecule has 3 heteroatoms. The standard InChI is InChI=1S/C13H18N2O/c1-3-9(2)15-13(16)11-4-5-12-10(8-11)6-7-14-12/h4-5,8-9,14H,3,6-7H2,1-2H3,(H,15,16)/t9-/m1/s1. The van der Waals surface area contributed by atoms with E-state index in [0.717, 1.165) is 24.9 Å². The number of amides is 1. The van der Waals surface area contributed by atoms with Crippen molar-refractivity contribution in [1.29, 1.82) is 0 Å². The van der Waals surface area contributed by atoms with Gasteiger partial charge in [-0.05, 0) is 43.5 Å². The van der Waals surface area contributed by atoms with Crippen LogP contribution in [-0.4, -0.2) is 18.5 Å². The first-order valence-electron chi connectivity index (χ1n) is 5.88. The van der Waals surface area contributed by atoms with Crippen LogP contribution >= 0.6 is 0 Å². The molecule has 3 nitrogen and oxygen atoms in total. The van der Waals surface area contributed by atoms with Crippen LogP contribution in [-0.2, 0) is 6.42 Å². The summed E-state index contributed by atoms with van der Waals surface area (Å²) < 4.78 is 0. The Balaban J connectivity index is 2.12. The molecule has 1 amide bonds. The van der Waals surface area contributed by atoms with Crippen LogP contribution in [0, 0.1) is 0 Å². The monoisotopic (exact) mass is 218 g/mol. The second-order valence-electron chi connectivity index (χ2n) is 4.33. The Bertz CT molecular complexity index is 401. The van der Waals surface area contributed by atoms with Crippen molar-refractivity contribution in [2.75, 3.05) is 11.9 Å². The molecule has 2 rings (SSSR count). The molecule has 0 saturated heterocycles. The van der Waals surface area contributed by atoms with E-state index in [2.05, 4.69) is 17.6 Å². The molecule has 0 aliphatic carbocycles. The molecule has 0 aromatic heterocycles. The van der Waals surface area contributed by atoms with E-state index in [4.69, 9.17) is 0 Å². The number of fused-ring (bicyclic) bond motifs is 1. The highest BCUT2D eigenvalue weighted by Crippen LogP contribution is 2.22. The van der Waals surface area contributed by atoms with Gasteiger partial charge in [-0.1, -0.05) is 6.92 Å². The topological polar surface area (TPSA) is 41.1 Å². The van der Waals surface area contributed by atoms with Crippen LogP contribution in [0.4, 0.5) is 5.69 Å². The minimum absolute atomic E-state index is 0.0315. The Morgan fingerprint density at radius 2 is 2.38 bits per heavy atom. The number of carbonyl (C=O) groups is 1. The third-order valence-corrected chi connectivity index (χ3v) is 3.07. The van der Waals surface area contributed by atoms with E-state index in [-0.39, 0.29) is 11.9 Å². The summed E-state index contributed by atoms with van der Waals surface area (Å²) in [6.45, 7) is 5.07. The number of benzene rings is 1. The molecular formula is C13H18N2O. The summed E-state index contributed by atoms with van der Waals surface area (Å²) in [7, 11) is 0. The highest BCUT2D eigenvalue weighted by molar-refractivity contribution is 5.95. The maximum atomic E-state index is 11.9. The Kier molecular flexibility index (Phi) is 3.13. The predicted molar refractivity (Wildman–Crippen MR) is 65.9 cm³/mol. The lowest BCUT2D eigenvalue weighted by atomic mass is 10.1. The lowest BCUT2D eigenvalue weighted by Crippen LogP contribution is -2.31. The summed E-state index contributed by atoms with van der Waals surface area (Å²) in [5, 5.41) is 6.26. The molecule has 0 spiro atoms. The fourth-order valence-corrected chi connectivity index (χ4v) is 1.86. The number of hydrogen-bond donors (Lipinski definition) is 2. The van der Waals surface area contributed by atoms with Gasteiger partial charge in [0.25, 0.3) is 5.91 Å². The van der Waals surface area contributed by atoms with Gasteiger partial charge in [0.1, 0.15) is 0 Å². The SMILES string of the molecule is CC[C@@H](C)NC(=O)c1ccc2c(c1)CCN2. The molecule has 1 atom stereocenters. The average molecular weight is 218 g/mol. The van der Waals surface area contributed by atoms with Gasteiger partial charge in [0.15, 0.2) is 0 Å². The summed E-state index contributed by atoms with van der Waals surface area (Å²) in [6.07, 6.45) is 1.97. The van der Waals surface area contributed by atoms with Crippen LogP contribution in [0.15, 0.2) is 18.2 Å². The predicted octanol–water partition coefficient (Wildman–Crippen LogP) is 2.18. The Morgan fingerprint density at radius 3 is 3.12 bits per heavy atom. The van der Waals surface area contributed by atoms with E-state index in [9.17, 15) is 4.79 Å². The van der Waals surface area contributed by atoms with Gasteiger partial charge < -0.3 is 10.6 Å². The first kappa shape index (κ1) is 11.0. The fraction of sp³-hybridized carbons (Fsp3) is 0.462. The van der Waals surface area contributed by atoms with Crippen molar-refractivity contribution in [3.63, 3.8) is 0 Å². The van der Waals surface area contributed by atoms with Crippen LogP contribution in [0.3, 0.4) is 0 Å². The molecule has 0 unspecified atom stereocenters. The minimum atomic E-state index is 0.0315. The third kappa shape index (κ3) is 2.18.